The monoisotopic (exact) mass is 626 g/mol. The highest BCUT2D eigenvalue weighted by molar-refractivity contribution is 5.70. The first kappa shape index (κ1) is 30.5. The molecule has 0 amide bonds. The average molecular weight is 627 g/mol. The molecule has 0 radical (unpaired) electrons. The lowest BCUT2D eigenvalue weighted by molar-refractivity contribution is -0.714. The van der Waals surface area contributed by atoms with Gasteiger partial charge in [-0.2, -0.15) is 9.13 Å². The predicted octanol–water partition coefficient (Wildman–Crippen LogP) is 3.34. The van der Waals surface area contributed by atoms with Crippen molar-refractivity contribution in [2.24, 2.45) is 0 Å². The molecular formula is C34H32N3O9+. The van der Waals surface area contributed by atoms with E-state index < -0.39 is 54.0 Å². The van der Waals surface area contributed by atoms with Crippen LogP contribution in [0, 0.1) is 0 Å². The number of nitrogens with zero attached hydrogens (tertiary/aromatic N) is 3. The number of carbonyl (C=O) groups excluding carboxylic acids is 3. The van der Waals surface area contributed by atoms with Crippen LogP contribution in [0.3, 0.4) is 0 Å². The highest BCUT2D eigenvalue weighted by atomic mass is 16.6. The number of esters is 3. The molecule has 0 saturated carbocycles. The van der Waals surface area contributed by atoms with Crippen LogP contribution in [0.25, 0.3) is 16.8 Å². The number of para-hydroxylation sites is 2. The first-order chi connectivity index (χ1) is 22.2. The molecule has 5 atom stereocenters. The number of aromatic nitrogens is 2. The number of anilines is 2. The van der Waals surface area contributed by atoms with Gasteiger partial charge in [0.25, 0.3) is 5.88 Å². The van der Waals surface area contributed by atoms with Crippen molar-refractivity contribution < 1.29 is 43.0 Å². The number of hydrogen-bond donors (Lipinski definition) is 1. The number of ether oxygens (including phenoxy) is 4. The van der Waals surface area contributed by atoms with Gasteiger partial charge in [0, 0.05) is 20.8 Å². The largest absolute Gasteiger partial charge is 0.483 e. The number of rotatable bonds is 8. The second-order valence-electron chi connectivity index (χ2n) is 10.9. The van der Waals surface area contributed by atoms with Crippen LogP contribution in [0.5, 0.6) is 5.88 Å². The first-order valence-corrected chi connectivity index (χ1v) is 14.7. The van der Waals surface area contributed by atoms with Gasteiger partial charge in [-0.1, -0.05) is 66.7 Å². The van der Waals surface area contributed by atoms with Gasteiger partial charge in [-0.05, 0) is 29.8 Å². The van der Waals surface area contributed by atoms with E-state index in [4.69, 9.17) is 18.9 Å². The van der Waals surface area contributed by atoms with Crippen LogP contribution < -0.4 is 15.0 Å². The molecule has 12 heteroatoms. The third-order valence-corrected chi connectivity index (χ3v) is 7.85. The summed E-state index contributed by atoms with van der Waals surface area (Å²) in [5, 5.41) is 12.1. The Kier molecular flexibility index (Phi) is 8.29. The minimum absolute atomic E-state index is 0.0170. The van der Waals surface area contributed by atoms with Crippen molar-refractivity contribution in [1.82, 2.24) is 4.57 Å². The molecule has 2 aliphatic heterocycles. The molecule has 1 saturated heterocycles. The van der Waals surface area contributed by atoms with Crippen molar-refractivity contribution in [2.45, 2.75) is 51.4 Å². The number of aromatic hydroxyl groups is 1. The summed E-state index contributed by atoms with van der Waals surface area (Å²) in [6, 6.07) is 25.8. The molecule has 46 heavy (non-hydrogen) atoms. The quantitative estimate of drug-likeness (QED) is 0.176. The lowest BCUT2D eigenvalue weighted by atomic mass is 10.0. The molecule has 0 bridgehead atoms. The first-order valence-electron chi connectivity index (χ1n) is 14.7. The van der Waals surface area contributed by atoms with E-state index in [0.29, 0.717) is 16.9 Å². The summed E-state index contributed by atoms with van der Waals surface area (Å²) >= 11 is 0. The molecule has 0 spiro atoms. The van der Waals surface area contributed by atoms with Crippen LogP contribution >= 0.6 is 0 Å². The number of benzene rings is 3. The molecule has 236 valence electrons. The maximum Gasteiger partial charge on any atom is 0.378 e. The lowest BCUT2D eigenvalue weighted by Gasteiger charge is -2.28. The summed E-state index contributed by atoms with van der Waals surface area (Å²) < 4.78 is 26.3. The van der Waals surface area contributed by atoms with Gasteiger partial charge in [-0.25, -0.2) is 9.69 Å². The molecule has 6 rings (SSSR count). The van der Waals surface area contributed by atoms with Crippen molar-refractivity contribution in [3.05, 3.63) is 101 Å². The van der Waals surface area contributed by atoms with Crippen LogP contribution in [0.4, 0.5) is 11.6 Å². The van der Waals surface area contributed by atoms with Crippen molar-refractivity contribution in [1.29, 1.82) is 0 Å². The van der Waals surface area contributed by atoms with Gasteiger partial charge in [0.05, 0.1) is 0 Å². The molecule has 2 aliphatic rings. The Balaban J connectivity index is 1.66. The summed E-state index contributed by atoms with van der Waals surface area (Å²) in [5.41, 5.74) is 1.11. The Morgan fingerprint density at radius 3 is 2.00 bits per heavy atom. The summed E-state index contributed by atoms with van der Waals surface area (Å²) in [6.07, 6.45) is -4.46. The fraction of sp³-hybridized carbons (Fsp3) is 0.265. The topological polar surface area (TPSA) is 137 Å². The molecule has 3 aromatic carbocycles. The van der Waals surface area contributed by atoms with Gasteiger partial charge in [-0.15, -0.1) is 0 Å². The third-order valence-electron chi connectivity index (χ3n) is 7.85. The zero-order valence-electron chi connectivity index (χ0n) is 25.3. The minimum Gasteiger partial charge on any atom is -0.483 e. The van der Waals surface area contributed by atoms with Gasteiger partial charge in [-0.3, -0.25) is 14.4 Å². The third kappa shape index (κ3) is 5.47. The highest BCUT2D eigenvalue weighted by Crippen LogP contribution is 2.47. The molecule has 0 unspecified atom stereocenters. The zero-order valence-corrected chi connectivity index (χ0v) is 25.3. The lowest BCUT2D eigenvalue weighted by Crippen LogP contribution is -2.52. The van der Waals surface area contributed by atoms with Crippen molar-refractivity contribution >= 4 is 29.5 Å². The predicted molar refractivity (Wildman–Crippen MR) is 163 cm³/mol. The van der Waals surface area contributed by atoms with E-state index in [1.54, 1.807) is 59.5 Å². The fourth-order valence-electron chi connectivity index (χ4n) is 6.15. The average Bonchev–Trinajstić information content (AvgIpc) is 3.55. The Bertz CT molecular complexity index is 1830. The Hall–Kier alpha value is -5.49. The number of hydrogen-bond acceptors (Lipinski definition) is 10. The van der Waals surface area contributed by atoms with Crippen LogP contribution in [-0.2, 0) is 33.3 Å². The zero-order chi connectivity index (χ0) is 32.5. The molecule has 4 aromatic rings. The molecule has 12 nitrogen and oxygen atoms in total. The van der Waals surface area contributed by atoms with Crippen molar-refractivity contribution in [3.63, 3.8) is 0 Å². The standard InChI is InChI=1S/C34H31N3O9/c1-20(38)43-19-26(44-21(2)39)29-30(45-22(3)40)28-33(46-29)36(25-17-11-6-12-18-25)34-35(24-15-9-5-10-16-24)31(41)27(32(42)37(28)34)23-13-7-4-8-14-23/h4-18,26,28-30,33H,19H2,1-3H3/p+1/t26-,28-,29-,30-,33+/m1/s1. The number of carbonyl (C=O) groups is 3. The smallest absolute Gasteiger partial charge is 0.378 e. The second-order valence-corrected chi connectivity index (χ2v) is 10.9. The van der Waals surface area contributed by atoms with Gasteiger partial charge >= 0.3 is 29.4 Å². The van der Waals surface area contributed by atoms with Crippen LogP contribution in [0.2, 0.25) is 0 Å². The molecule has 1 aromatic heterocycles. The van der Waals surface area contributed by atoms with E-state index in [-0.39, 0.29) is 24.0 Å². The van der Waals surface area contributed by atoms with Crippen LogP contribution in [0.15, 0.2) is 95.8 Å². The van der Waals surface area contributed by atoms with E-state index in [9.17, 15) is 24.3 Å². The normalized spacial score (nSPS) is 20.4. The molecule has 3 heterocycles. The fourth-order valence-corrected chi connectivity index (χ4v) is 6.15. The van der Waals surface area contributed by atoms with E-state index in [2.05, 4.69) is 0 Å². The van der Waals surface area contributed by atoms with Crippen LogP contribution in [0.1, 0.15) is 26.8 Å². The molecule has 0 aliphatic carbocycles. The minimum atomic E-state index is -1.17. The van der Waals surface area contributed by atoms with Gasteiger partial charge < -0.3 is 24.1 Å². The molecule has 1 N–H and O–H groups in total. The van der Waals surface area contributed by atoms with E-state index in [1.807, 2.05) is 36.4 Å². The summed E-state index contributed by atoms with van der Waals surface area (Å²) in [7, 11) is 0. The van der Waals surface area contributed by atoms with Crippen LogP contribution in [-0.4, -0.2) is 58.7 Å². The van der Waals surface area contributed by atoms with Gasteiger partial charge in [0.1, 0.15) is 29.6 Å². The Morgan fingerprint density at radius 1 is 0.848 bits per heavy atom. The Morgan fingerprint density at radius 2 is 1.43 bits per heavy atom. The summed E-state index contributed by atoms with van der Waals surface area (Å²) in [6.45, 7) is 3.28. The molecule has 1 fully saturated rings. The SMILES string of the molecule is CC(=O)OC[C@@H](OC(C)=O)[C@H]1O[C@H]2[C@@H]([C@H]1OC(C)=O)[n+]1c(O)c(-c3ccccc3)c(=O)n(-c3ccccc3)c1N2c1ccccc1. The maximum absolute atomic E-state index is 14.5. The van der Waals surface area contributed by atoms with E-state index >= 15 is 0 Å². The van der Waals surface area contributed by atoms with Crippen molar-refractivity contribution in [2.75, 3.05) is 11.5 Å². The number of fused-ring (bicyclic) bond motifs is 3. The van der Waals surface area contributed by atoms with E-state index in [1.165, 1.54) is 29.9 Å². The van der Waals surface area contributed by atoms with Gasteiger partial charge in [0.15, 0.2) is 18.2 Å². The van der Waals surface area contributed by atoms with Crippen molar-refractivity contribution in [3.8, 4) is 22.7 Å². The summed E-state index contributed by atoms with van der Waals surface area (Å²) in [5.74, 6) is -2.07. The maximum atomic E-state index is 14.5. The molecular weight excluding hydrogens is 594 g/mol. The van der Waals surface area contributed by atoms with E-state index in [0.717, 1.165) is 0 Å². The highest BCUT2D eigenvalue weighted by Gasteiger charge is 2.65. The van der Waals surface area contributed by atoms with Gasteiger partial charge in [0.2, 0.25) is 6.23 Å². The summed E-state index contributed by atoms with van der Waals surface area (Å²) in [4.78, 5) is 52.8. The second kappa shape index (κ2) is 12.5. The Labute approximate surface area is 263 Å².